The highest BCUT2D eigenvalue weighted by Crippen LogP contribution is 2.27. The Morgan fingerprint density at radius 1 is 1.45 bits per heavy atom. The van der Waals surface area contributed by atoms with E-state index >= 15 is 0 Å². The molecule has 1 fully saturated rings. The van der Waals surface area contributed by atoms with Crippen LogP contribution >= 0.6 is 0 Å². The van der Waals surface area contributed by atoms with E-state index in [0.29, 0.717) is 18.0 Å². The van der Waals surface area contributed by atoms with Crippen molar-refractivity contribution < 1.29 is 4.52 Å². The maximum Gasteiger partial charge on any atom is 0.151 e. The molecule has 0 aliphatic carbocycles. The van der Waals surface area contributed by atoms with Gasteiger partial charge in [0.25, 0.3) is 0 Å². The highest BCUT2D eigenvalue weighted by Gasteiger charge is 2.29. The molecule has 1 aliphatic rings. The smallest absolute Gasteiger partial charge is 0.151 e. The summed E-state index contributed by atoms with van der Waals surface area (Å²) in [6.45, 7) is 11.7. The van der Waals surface area contributed by atoms with E-state index in [9.17, 15) is 0 Å². The molecule has 1 saturated heterocycles. The summed E-state index contributed by atoms with van der Waals surface area (Å²) in [7, 11) is 0. The third-order valence-electron chi connectivity index (χ3n) is 4.23. The van der Waals surface area contributed by atoms with Gasteiger partial charge in [-0.1, -0.05) is 25.9 Å². The summed E-state index contributed by atoms with van der Waals surface area (Å²) in [5.41, 5.74) is 1.01. The molecule has 1 aromatic rings. The largest absolute Gasteiger partial charge is 0.360 e. The van der Waals surface area contributed by atoms with Gasteiger partial charge in [0.05, 0.1) is 12.2 Å². The minimum Gasteiger partial charge on any atom is -0.360 e. The molecule has 2 atom stereocenters. The van der Waals surface area contributed by atoms with Crippen molar-refractivity contribution >= 4 is 0 Å². The van der Waals surface area contributed by atoms with Gasteiger partial charge in [0.1, 0.15) is 0 Å². The van der Waals surface area contributed by atoms with Crippen molar-refractivity contribution in [3.63, 3.8) is 0 Å². The second kappa shape index (κ2) is 7.23. The minimum atomic E-state index is 0.660. The van der Waals surface area contributed by atoms with Gasteiger partial charge < -0.3 is 9.84 Å². The summed E-state index contributed by atoms with van der Waals surface area (Å²) >= 11 is 0. The highest BCUT2D eigenvalue weighted by atomic mass is 16.5. The van der Waals surface area contributed by atoms with Crippen molar-refractivity contribution in [2.45, 2.75) is 72.1 Å². The summed E-state index contributed by atoms with van der Waals surface area (Å²) in [5, 5.41) is 7.57. The number of nitrogens with zero attached hydrogens (tertiary/aromatic N) is 2. The molecule has 1 aromatic heterocycles. The number of hydrogen-bond acceptors (Lipinski definition) is 4. The van der Waals surface area contributed by atoms with Gasteiger partial charge in [-0.2, -0.15) is 0 Å². The van der Waals surface area contributed by atoms with Crippen molar-refractivity contribution in [1.29, 1.82) is 0 Å². The van der Waals surface area contributed by atoms with E-state index in [-0.39, 0.29) is 0 Å². The van der Waals surface area contributed by atoms with E-state index in [2.05, 4.69) is 49.1 Å². The van der Waals surface area contributed by atoms with Crippen LogP contribution in [0, 0.1) is 5.92 Å². The Morgan fingerprint density at radius 3 is 2.95 bits per heavy atom. The van der Waals surface area contributed by atoms with E-state index in [1.54, 1.807) is 0 Å². The molecule has 2 rings (SSSR count). The van der Waals surface area contributed by atoms with Gasteiger partial charge in [0, 0.05) is 24.7 Å². The lowest BCUT2D eigenvalue weighted by atomic mass is 10.1. The summed E-state index contributed by atoms with van der Waals surface area (Å²) in [6.07, 6.45) is 3.84. The van der Waals surface area contributed by atoms with E-state index in [1.165, 1.54) is 19.3 Å². The standard InChI is InChI=1S/C16H29N3O/c1-5-15-7-6-13(4)19(15)11-16-8-14(18-20-16)10-17-9-12(2)3/h8,12-13,15,17H,5-7,9-11H2,1-4H3. The van der Waals surface area contributed by atoms with Gasteiger partial charge in [-0.25, -0.2) is 0 Å². The molecular formula is C16H29N3O. The van der Waals surface area contributed by atoms with Crippen LogP contribution in [0.1, 0.15) is 58.4 Å². The minimum absolute atomic E-state index is 0.660. The Kier molecular flexibility index (Phi) is 5.61. The van der Waals surface area contributed by atoms with Gasteiger partial charge in [-0.15, -0.1) is 0 Å². The van der Waals surface area contributed by atoms with Gasteiger partial charge >= 0.3 is 0 Å². The van der Waals surface area contributed by atoms with Crippen LogP contribution in [0.15, 0.2) is 10.6 Å². The zero-order valence-corrected chi connectivity index (χ0v) is 13.4. The van der Waals surface area contributed by atoms with Crippen LogP contribution in [-0.4, -0.2) is 28.7 Å². The average Bonchev–Trinajstić information content (AvgIpc) is 2.98. The molecule has 2 heterocycles. The van der Waals surface area contributed by atoms with Crippen molar-refractivity contribution in [2.24, 2.45) is 5.92 Å². The molecule has 20 heavy (non-hydrogen) atoms. The Labute approximate surface area is 122 Å². The van der Waals surface area contributed by atoms with Crippen LogP contribution < -0.4 is 5.32 Å². The molecular weight excluding hydrogens is 250 g/mol. The maximum absolute atomic E-state index is 5.49. The molecule has 0 bridgehead atoms. The molecule has 2 unspecified atom stereocenters. The summed E-state index contributed by atoms with van der Waals surface area (Å²) in [4.78, 5) is 2.56. The summed E-state index contributed by atoms with van der Waals surface area (Å²) in [5.74, 6) is 1.66. The van der Waals surface area contributed by atoms with Crippen LogP contribution in [0.4, 0.5) is 0 Å². The molecule has 114 valence electrons. The molecule has 0 spiro atoms. The van der Waals surface area contributed by atoms with Gasteiger partial charge in [-0.3, -0.25) is 4.90 Å². The fourth-order valence-electron chi connectivity index (χ4n) is 3.03. The molecule has 0 radical (unpaired) electrons. The van der Waals surface area contributed by atoms with E-state index < -0.39 is 0 Å². The highest BCUT2D eigenvalue weighted by molar-refractivity contribution is 5.06. The van der Waals surface area contributed by atoms with Crippen molar-refractivity contribution in [3.8, 4) is 0 Å². The Bertz CT molecular complexity index is 402. The second-order valence-corrected chi connectivity index (χ2v) is 6.47. The molecule has 4 heteroatoms. The van der Waals surface area contributed by atoms with Crippen LogP contribution in [-0.2, 0) is 13.1 Å². The second-order valence-electron chi connectivity index (χ2n) is 6.47. The van der Waals surface area contributed by atoms with Gasteiger partial charge in [0.2, 0.25) is 0 Å². The van der Waals surface area contributed by atoms with Crippen molar-refractivity contribution in [3.05, 3.63) is 17.5 Å². The fourth-order valence-corrected chi connectivity index (χ4v) is 3.03. The first-order valence-corrected chi connectivity index (χ1v) is 8.01. The van der Waals surface area contributed by atoms with E-state index in [0.717, 1.165) is 31.1 Å². The van der Waals surface area contributed by atoms with Crippen molar-refractivity contribution in [1.82, 2.24) is 15.4 Å². The Balaban J connectivity index is 1.85. The third kappa shape index (κ3) is 4.06. The van der Waals surface area contributed by atoms with Gasteiger partial charge in [-0.05, 0) is 38.6 Å². The molecule has 1 N–H and O–H groups in total. The number of hydrogen-bond donors (Lipinski definition) is 1. The predicted molar refractivity (Wildman–Crippen MR) is 81.4 cm³/mol. The fraction of sp³-hybridized carbons (Fsp3) is 0.812. The Morgan fingerprint density at radius 2 is 2.25 bits per heavy atom. The van der Waals surface area contributed by atoms with Crippen LogP contribution in [0.5, 0.6) is 0 Å². The first-order chi connectivity index (χ1) is 9.60. The lowest BCUT2D eigenvalue weighted by Gasteiger charge is -2.26. The SMILES string of the molecule is CCC1CCC(C)N1Cc1cc(CNCC(C)C)no1. The normalized spacial score (nSPS) is 23.9. The molecule has 1 aliphatic heterocycles. The quantitative estimate of drug-likeness (QED) is 0.832. The Hall–Kier alpha value is -0.870. The average molecular weight is 279 g/mol. The van der Waals surface area contributed by atoms with Crippen LogP contribution in [0.25, 0.3) is 0 Å². The van der Waals surface area contributed by atoms with E-state index in [4.69, 9.17) is 4.52 Å². The van der Waals surface area contributed by atoms with E-state index in [1.807, 2.05) is 0 Å². The summed E-state index contributed by atoms with van der Waals surface area (Å²) < 4.78 is 5.49. The first kappa shape index (κ1) is 15.5. The monoisotopic (exact) mass is 279 g/mol. The van der Waals surface area contributed by atoms with Crippen molar-refractivity contribution in [2.75, 3.05) is 6.54 Å². The molecule has 4 nitrogen and oxygen atoms in total. The molecule has 0 aromatic carbocycles. The number of aromatic nitrogens is 1. The predicted octanol–water partition coefficient (Wildman–Crippen LogP) is 3.18. The first-order valence-electron chi connectivity index (χ1n) is 8.01. The van der Waals surface area contributed by atoms with Gasteiger partial charge in [0.15, 0.2) is 5.76 Å². The summed E-state index contributed by atoms with van der Waals surface area (Å²) in [6, 6.07) is 3.47. The lowest BCUT2D eigenvalue weighted by molar-refractivity contribution is 0.168. The number of likely N-dealkylation sites (tertiary alicyclic amines) is 1. The maximum atomic E-state index is 5.49. The molecule has 0 amide bonds. The topological polar surface area (TPSA) is 41.3 Å². The zero-order valence-electron chi connectivity index (χ0n) is 13.4. The zero-order chi connectivity index (χ0) is 14.5. The molecule has 0 saturated carbocycles. The number of rotatable bonds is 7. The number of nitrogens with one attached hydrogen (secondary N) is 1. The third-order valence-corrected chi connectivity index (χ3v) is 4.23. The lowest BCUT2D eigenvalue weighted by Crippen LogP contribution is -2.33. The van der Waals surface area contributed by atoms with Crippen LogP contribution in [0.2, 0.25) is 0 Å². The van der Waals surface area contributed by atoms with Crippen LogP contribution in [0.3, 0.4) is 0 Å².